The fourth-order valence-electron chi connectivity index (χ4n) is 2.07. The third-order valence-corrected chi connectivity index (χ3v) is 4.15. The molecule has 114 valence electrons. The van der Waals surface area contributed by atoms with Gasteiger partial charge in [0.2, 0.25) is 0 Å². The van der Waals surface area contributed by atoms with Crippen LogP contribution in [0, 0.1) is 5.92 Å². The lowest BCUT2D eigenvalue weighted by atomic mass is 10.1. The number of ether oxygens (including phenoxy) is 1. The minimum absolute atomic E-state index is 0.710. The summed E-state index contributed by atoms with van der Waals surface area (Å²) in [6.45, 7) is 8.11. The van der Waals surface area contributed by atoms with Crippen LogP contribution >= 0.6 is 15.9 Å². The summed E-state index contributed by atoms with van der Waals surface area (Å²) in [7, 11) is 3.88. The molecule has 4 heteroatoms. The van der Waals surface area contributed by atoms with Crippen LogP contribution in [-0.2, 0) is 11.3 Å². The van der Waals surface area contributed by atoms with Gasteiger partial charge in [0.1, 0.15) is 0 Å². The van der Waals surface area contributed by atoms with Crippen LogP contribution in [0.2, 0.25) is 0 Å². The van der Waals surface area contributed by atoms with Crippen molar-refractivity contribution in [3.63, 3.8) is 0 Å². The van der Waals surface area contributed by atoms with Crippen molar-refractivity contribution in [3.8, 4) is 0 Å². The number of nitrogens with zero attached hydrogens (tertiary/aromatic N) is 1. The first-order valence-corrected chi connectivity index (χ1v) is 8.07. The molecule has 1 rings (SSSR count). The first kappa shape index (κ1) is 17.5. The summed E-state index contributed by atoms with van der Waals surface area (Å²) in [5.41, 5.74) is 2.54. The molecule has 0 aliphatic carbocycles. The third-order valence-electron chi connectivity index (χ3n) is 3.52. The Bertz CT molecular complexity index is 398. The van der Waals surface area contributed by atoms with E-state index in [4.69, 9.17) is 4.74 Å². The van der Waals surface area contributed by atoms with E-state index in [0.29, 0.717) is 5.92 Å². The van der Waals surface area contributed by atoms with Crippen molar-refractivity contribution in [2.24, 2.45) is 5.92 Å². The summed E-state index contributed by atoms with van der Waals surface area (Å²) in [5.74, 6) is 0.710. The average molecular weight is 343 g/mol. The molecule has 1 aromatic rings. The Hall–Kier alpha value is -0.580. The number of benzene rings is 1. The molecule has 0 bridgehead atoms. The molecule has 0 aromatic heterocycles. The molecule has 0 aliphatic rings. The minimum Gasteiger partial charge on any atom is -0.383 e. The molecule has 0 fully saturated rings. The smallest absolute Gasteiger partial charge is 0.0587 e. The normalized spacial score (nSPS) is 12.4. The van der Waals surface area contributed by atoms with E-state index >= 15 is 0 Å². The third kappa shape index (κ3) is 5.81. The molecule has 1 aromatic carbocycles. The molecule has 1 atom stereocenters. The number of methoxy groups -OCH3 is 1. The van der Waals surface area contributed by atoms with Crippen LogP contribution in [0.1, 0.15) is 25.8 Å². The summed E-state index contributed by atoms with van der Waals surface area (Å²) in [6, 6.07) is 6.58. The number of hydrogen-bond donors (Lipinski definition) is 1. The van der Waals surface area contributed by atoms with E-state index in [0.717, 1.165) is 30.7 Å². The highest BCUT2D eigenvalue weighted by Gasteiger charge is 2.09. The van der Waals surface area contributed by atoms with Crippen molar-refractivity contribution in [1.29, 1.82) is 0 Å². The highest BCUT2D eigenvalue weighted by Crippen LogP contribution is 2.27. The molecular formula is C16H27BrN2O. The van der Waals surface area contributed by atoms with E-state index in [2.05, 4.69) is 65.2 Å². The zero-order valence-corrected chi connectivity index (χ0v) is 14.7. The second-order valence-electron chi connectivity index (χ2n) is 5.35. The molecule has 0 amide bonds. The van der Waals surface area contributed by atoms with Crippen LogP contribution in [0.15, 0.2) is 22.7 Å². The Kier molecular flexibility index (Phi) is 8.19. The van der Waals surface area contributed by atoms with E-state index in [-0.39, 0.29) is 0 Å². The van der Waals surface area contributed by atoms with Gasteiger partial charge < -0.3 is 15.0 Å². The van der Waals surface area contributed by atoms with Crippen molar-refractivity contribution in [1.82, 2.24) is 5.32 Å². The zero-order chi connectivity index (χ0) is 15.0. The molecule has 1 unspecified atom stereocenters. The molecule has 0 radical (unpaired) electrons. The van der Waals surface area contributed by atoms with Crippen LogP contribution in [0.5, 0.6) is 0 Å². The van der Waals surface area contributed by atoms with Crippen molar-refractivity contribution < 1.29 is 4.74 Å². The molecule has 0 aliphatic heterocycles. The second kappa shape index (κ2) is 9.37. The lowest BCUT2D eigenvalue weighted by Crippen LogP contribution is -2.24. The van der Waals surface area contributed by atoms with Crippen molar-refractivity contribution in [2.45, 2.75) is 26.8 Å². The van der Waals surface area contributed by atoms with Crippen LogP contribution in [0.4, 0.5) is 5.69 Å². The predicted molar refractivity (Wildman–Crippen MR) is 90.4 cm³/mol. The van der Waals surface area contributed by atoms with Gasteiger partial charge in [0.25, 0.3) is 0 Å². The van der Waals surface area contributed by atoms with Gasteiger partial charge in [-0.05, 0) is 39.5 Å². The van der Waals surface area contributed by atoms with E-state index in [9.17, 15) is 0 Å². The first-order valence-electron chi connectivity index (χ1n) is 7.27. The fourth-order valence-corrected chi connectivity index (χ4v) is 2.80. The average Bonchev–Trinajstić information content (AvgIpc) is 2.43. The Morgan fingerprint density at radius 2 is 2.15 bits per heavy atom. The van der Waals surface area contributed by atoms with Crippen LogP contribution in [0.25, 0.3) is 0 Å². The van der Waals surface area contributed by atoms with E-state index in [1.807, 2.05) is 0 Å². The highest BCUT2D eigenvalue weighted by atomic mass is 79.9. The monoisotopic (exact) mass is 342 g/mol. The van der Waals surface area contributed by atoms with E-state index in [1.54, 1.807) is 7.11 Å². The predicted octanol–water partition coefficient (Wildman–Crippen LogP) is 3.67. The Balaban J connectivity index is 2.58. The molecule has 0 saturated carbocycles. The summed E-state index contributed by atoms with van der Waals surface area (Å²) in [6.07, 6.45) is 1.21. The van der Waals surface area contributed by atoms with Crippen LogP contribution in [0.3, 0.4) is 0 Å². The maximum absolute atomic E-state index is 5.02. The lowest BCUT2D eigenvalue weighted by molar-refractivity contribution is 0.199. The van der Waals surface area contributed by atoms with Gasteiger partial charge in [0.05, 0.1) is 12.3 Å². The van der Waals surface area contributed by atoms with E-state index in [1.165, 1.54) is 17.7 Å². The largest absolute Gasteiger partial charge is 0.383 e. The van der Waals surface area contributed by atoms with Gasteiger partial charge >= 0.3 is 0 Å². The molecule has 20 heavy (non-hydrogen) atoms. The number of anilines is 1. The SMILES string of the molecule is CCC(C)CN(C)c1ccc(CNCCOC)cc1Br. The fraction of sp³-hybridized carbons (Fsp3) is 0.625. The second-order valence-corrected chi connectivity index (χ2v) is 6.20. The molecule has 3 nitrogen and oxygen atoms in total. The first-order chi connectivity index (χ1) is 9.58. The minimum atomic E-state index is 0.710. The number of hydrogen-bond acceptors (Lipinski definition) is 3. The summed E-state index contributed by atoms with van der Waals surface area (Å²) in [4.78, 5) is 2.32. The van der Waals surface area contributed by atoms with Gasteiger partial charge in [0.15, 0.2) is 0 Å². The molecular weight excluding hydrogens is 316 g/mol. The van der Waals surface area contributed by atoms with Crippen molar-refractivity contribution in [2.75, 3.05) is 38.8 Å². The molecule has 0 spiro atoms. The van der Waals surface area contributed by atoms with Crippen LogP contribution in [-0.4, -0.2) is 33.9 Å². The van der Waals surface area contributed by atoms with Gasteiger partial charge in [-0.3, -0.25) is 0 Å². The van der Waals surface area contributed by atoms with E-state index < -0.39 is 0 Å². The zero-order valence-electron chi connectivity index (χ0n) is 13.1. The molecule has 0 saturated heterocycles. The topological polar surface area (TPSA) is 24.5 Å². The van der Waals surface area contributed by atoms with Gasteiger partial charge in [-0.2, -0.15) is 0 Å². The molecule has 1 N–H and O–H groups in total. The Morgan fingerprint density at radius 1 is 1.40 bits per heavy atom. The van der Waals surface area contributed by atoms with Crippen molar-refractivity contribution >= 4 is 21.6 Å². The summed E-state index contributed by atoms with van der Waals surface area (Å²) < 4.78 is 6.18. The maximum atomic E-state index is 5.02. The standard InChI is InChI=1S/C16H27BrN2O/c1-5-13(2)12-19(3)16-7-6-14(10-15(16)17)11-18-8-9-20-4/h6-7,10,13,18H,5,8-9,11-12H2,1-4H3. The number of rotatable bonds is 9. The van der Waals surface area contributed by atoms with Crippen molar-refractivity contribution in [3.05, 3.63) is 28.2 Å². The van der Waals surface area contributed by atoms with Crippen LogP contribution < -0.4 is 10.2 Å². The number of halogens is 1. The van der Waals surface area contributed by atoms with Gasteiger partial charge in [-0.1, -0.05) is 26.3 Å². The summed E-state index contributed by atoms with van der Waals surface area (Å²) >= 11 is 3.69. The summed E-state index contributed by atoms with van der Waals surface area (Å²) in [5, 5.41) is 3.36. The quantitative estimate of drug-likeness (QED) is 0.693. The van der Waals surface area contributed by atoms with Gasteiger partial charge in [0, 0.05) is 38.3 Å². The van der Waals surface area contributed by atoms with Gasteiger partial charge in [-0.25, -0.2) is 0 Å². The maximum Gasteiger partial charge on any atom is 0.0587 e. The van der Waals surface area contributed by atoms with Gasteiger partial charge in [-0.15, -0.1) is 0 Å². The lowest BCUT2D eigenvalue weighted by Gasteiger charge is -2.24. The number of nitrogens with one attached hydrogen (secondary N) is 1. The Labute approximate surface area is 131 Å². The Morgan fingerprint density at radius 3 is 2.75 bits per heavy atom. The highest BCUT2D eigenvalue weighted by molar-refractivity contribution is 9.10. The molecule has 0 heterocycles.